The molecule has 22 heavy (non-hydrogen) atoms. The molecule has 1 aromatic carbocycles. The van der Waals surface area contributed by atoms with E-state index in [0.29, 0.717) is 6.04 Å². The number of ether oxygens (including phenoxy) is 1. The first-order valence-electron chi connectivity index (χ1n) is 7.76. The monoisotopic (exact) mass is 389 g/mol. The number of anilines is 1. The standard InChI is InChI=1S/C16H24BrN3O.ClH/c1-19(15-4-5-18-11-15)12-13-2-3-14(17)10-16(13)20-6-8-21-9-7-20;/h2-3,10,15,18H,4-9,11-12H2,1H3;1H. The predicted molar refractivity (Wildman–Crippen MR) is 97.2 cm³/mol. The molecule has 0 saturated carbocycles. The molecule has 0 bridgehead atoms. The normalized spacial score (nSPS) is 22.0. The fourth-order valence-electron chi connectivity index (χ4n) is 3.18. The van der Waals surface area contributed by atoms with Gasteiger partial charge in [-0.2, -0.15) is 0 Å². The van der Waals surface area contributed by atoms with Crippen LogP contribution in [0.2, 0.25) is 0 Å². The van der Waals surface area contributed by atoms with E-state index in [1.165, 1.54) is 17.7 Å². The molecule has 1 atom stereocenters. The molecule has 0 radical (unpaired) electrons. The molecule has 0 aliphatic carbocycles. The first kappa shape index (κ1) is 18.0. The zero-order valence-electron chi connectivity index (χ0n) is 13.1. The van der Waals surface area contributed by atoms with Crippen LogP contribution in [0.25, 0.3) is 0 Å². The van der Waals surface area contributed by atoms with Gasteiger partial charge in [0.1, 0.15) is 0 Å². The molecular weight excluding hydrogens is 366 g/mol. The lowest BCUT2D eigenvalue weighted by molar-refractivity contribution is 0.122. The Labute approximate surface area is 147 Å². The van der Waals surface area contributed by atoms with Gasteiger partial charge in [-0.3, -0.25) is 4.90 Å². The second kappa shape index (κ2) is 8.50. The quantitative estimate of drug-likeness (QED) is 0.855. The van der Waals surface area contributed by atoms with Gasteiger partial charge in [0, 0.05) is 42.4 Å². The molecule has 1 unspecified atom stereocenters. The molecule has 2 saturated heterocycles. The minimum absolute atomic E-state index is 0. The van der Waals surface area contributed by atoms with Gasteiger partial charge >= 0.3 is 0 Å². The van der Waals surface area contributed by atoms with Gasteiger partial charge in [0.15, 0.2) is 0 Å². The van der Waals surface area contributed by atoms with Gasteiger partial charge in [0.2, 0.25) is 0 Å². The van der Waals surface area contributed by atoms with Crippen LogP contribution < -0.4 is 10.2 Å². The van der Waals surface area contributed by atoms with Crippen LogP contribution >= 0.6 is 28.3 Å². The summed E-state index contributed by atoms with van der Waals surface area (Å²) in [6.07, 6.45) is 1.25. The van der Waals surface area contributed by atoms with E-state index in [4.69, 9.17) is 4.74 Å². The van der Waals surface area contributed by atoms with Crippen LogP contribution in [0, 0.1) is 0 Å². The molecule has 0 aromatic heterocycles. The number of likely N-dealkylation sites (N-methyl/N-ethyl adjacent to an activating group) is 1. The van der Waals surface area contributed by atoms with Crippen molar-refractivity contribution in [1.82, 2.24) is 10.2 Å². The summed E-state index contributed by atoms with van der Waals surface area (Å²) >= 11 is 3.61. The van der Waals surface area contributed by atoms with Crippen molar-refractivity contribution in [3.63, 3.8) is 0 Å². The molecule has 0 amide bonds. The second-order valence-corrected chi connectivity index (χ2v) is 6.85. The number of hydrogen-bond acceptors (Lipinski definition) is 4. The van der Waals surface area contributed by atoms with E-state index in [1.807, 2.05) is 0 Å². The fourth-order valence-corrected chi connectivity index (χ4v) is 3.53. The summed E-state index contributed by atoms with van der Waals surface area (Å²) in [5.74, 6) is 0. The molecule has 0 spiro atoms. The average molecular weight is 391 g/mol. The van der Waals surface area contributed by atoms with Crippen LogP contribution in [0.1, 0.15) is 12.0 Å². The summed E-state index contributed by atoms with van der Waals surface area (Å²) in [5.41, 5.74) is 2.76. The van der Waals surface area contributed by atoms with Crippen molar-refractivity contribution in [3.8, 4) is 0 Å². The van der Waals surface area contributed by atoms with Crippen LogP contribution in [-0.4, -0.2) is 57.4 Å². The molecule has 2 heterocycles. The van der Waals surface area contributed by atoms with Crippen molar-refractivity contribution >= 4 is 34.0 Å². The smallest absolute Gasteiger partial charge is 0.0642 e. The molecule has 1 aromatic rings. The van der Waals surface area contributed by atoms with Crippen LogP contribution in [0.15, 0.2) is 22.7 Å². The van der Waals surface area contributed by atoms with E-state index >= 15 is 0 Å². The third kappa shape index (κ3) is 4.36. The Kier molecular flexibility index (Phi) is 6.96. The van der Waals surface area contributed by atoms with Crippen molar-refractivity contribution in [2.75, 3.05) is 51.3 Å². The Morgan fingerprint density at radius 3 is 2.82 bits per heavy atom. The first-order chi connectivity index (χ1) is 10.2. The predicted octanol–water partition coefficient (Wildman–Crippen LogP) is 2.50. The number of rotatable bonds is 4. The van der Waals surface area contributed by atoms with Gasteiger partial charge < -0.3 is 15.0 Å². The topological polar surface area (TPSA) is 27.7 Å². The molecule has 1 N–H and O–H groups in total. The summed E-state index contributed by atoms with van der Waals surface area (Å²) in [6.45, 7) is 6.89. The van der Waals surface area contributed by atoms with Crippen LogP contribution in [0.4, 0.5) is 5.69 Å². The lowest BCUT2D eigenvalue weighted by Crippen LogP contribution is -2.38. The third-order valence-corrected chi connectivity index (χ3v) is 4.97. The molecule has 124 valence electrons. The number of hydrogen-bond donors (Lipinski definition) is 1. The second-order valence-electron chi connectivity index (χ2n) is 5.93. The molecular formula is C16H25BrClN3O. The maximum atomic E-state index is 5.48. The van der Waals surface area contributed by atoms with Crippen molar-refractivity contribution in [1.29, 1.82) is 0 Å². The van der Waals surface area contributed by atoms with Crippen molar-refractivity contribution in [2.24, 2.45) is 0 Å². The van der Waals surface area contributed by atoms with Crippen molar-refractivity contribution < 1.29 is 4.74 Å². The molecule has 6 heteroatoms. The Bertz CT molecular complexity index is 476. The van der Waals surface area contributed by atoms with Crippen LogP contribution in [0.5, 0.6) is 0 Å². The average Bonchev–Trinajstić information content (AvgIpc) is 3.04. The highest BCUT2D eigenvalue weighted by atomic mass is 79.9. The van der Waals surface area contributed by atoms with E-state index < -0.39 is 0 Å². The fraction of sp³-hybridized carbons (Fsp3) is 0.625. The van der Waals surface area contributed by atoms with Gasteiger partial charge in [-0.05, 0) is 37.7 Å². The number of halogens is 2. The maximum Gasteiger partial charge on any atom is 0.0642 e. The Balaban J connectivity index is 0.00000176. The summed E-state index contributed by atoms with van der Waals surface area (Å²) < 4.78 is 6.63. The highest BCUT2D eigenvalue weighted by Gasteiger charge is 2.21. The number of morpholine rings is 1. The maximum absolute atomic E-state index is 5.48. The third-order valence-electron chi connectivity index (χ3n) is 4.48. The van der Waals surface area contributed by atoms with Gasteiger partial charge in [0.25, 0.3) is 0 Å². The molecule has 4 nitrogen and oxygen atoms in total. The van der Waals surface area contributed by atoms with Gasteiger partial charge in [-0.1, -0.05) is 22.0 Å². The van der Waals surface area contributed by atoms with Gasteiger partial charge in [-0.15, -0.1) is 12.4 Å². The van der Waals surface area contributed by atoms with Crippen molar-refractivity contribution in [3.05, 3.63) is 28.2 Å². The van der Waals surface area contributed by atoms with Gasteiger partial charge in [0.05, 0.1) is 13.2 Å². The Morgan fingerprint density at radius 1 is 1.36 bits per heavy atom. The highest BCUT2D eigenvalue weighted by molar-refractivity contribution is 9.10. The van der Waals surface area contributed by atoms with Crippen molar-refractivity contribution in [2.45, 2.75) is 19.0 Å². The first-order valence-corrected chi connectivity index (χ1v) is 8.55. The summed E-state index contributed by atoms with van der Waals surface area (Å²) in [5, 5.41) is 3.45. The summed E-state index contributed by atoms with van der Waals surface area (Å²) in [7, 11) is 2.24. The van der Waals surface area contributed by atoms with E-state index in [-0.39, 0.29) is 12.4 Å². The number of benzene rings is 1. The minimum atomic E-state index is 0. The zero-order valence-corrected chi connectivity index (χ0v) is 15.5. The summed E-state index contributed by atoms with van der Waals surface area (Å²) in [4.78, 5) is 4.93. The van der Waals surface area contributed by atoms with E-state index in [9.17, 15) is 0 Å². The van der Waals surface area contributed by atoms with E-state index in [0.717, 1.165) is 50.4 Å². The minimum Gasteiger partial charge on any atom is -0.378 e. The SMILES string of the molecule is CN(Cc1ccc(Br)cc1N1CCOCC1)C1CCNC1.Cl. The molecule has 2 fully saturated rings. The molecule has 2 aliphatic rings. The largest absolute Gasteiger partial charge is 0.378 e. The molecule has 3 rings (SSSR count). The highest BCUT2D eigenvalue weighted by Crippen LogP contribution is 2.27. The number of nitrogens with zero attached hydrogens (tertiary/aromatic N) is 2. The lowest BCUT2D eigenvalue weighted by atomic mass is 10.1. The van der Waals surface area contributed by atoms with Gasteiger partial charge in [-0.25, -0.2) is 0 Å². The molecule has 2 aliphatic heterocycles. The Morgan fingerprint density at radius 2 is 2.14 bits per heavy atom. The zero-order chi connectivity index (χ0) is 14.7. The van der Waals surface area contributed by atoms with Crippen LogP contribution in [-0.2, 0) is 11.3 Å². The van der Waals surface area contributed by atoms with Crippen LogP contribution in [0.3, 0.4) is 0 Å². The Hall–Kier alpha value is -0.330. The van der Waals surface area contributed by atoms with E-state index in [2.05, 4.69) is 56.3 Å². The summed E-state index contributed by atoms with van der Waals surface area (Å²) in [6, 6.07) is 7.32. The van der Waals surface area contributed by atoms with E-state index in [1.54, 1.807) is 0 Å². The lowest BCUT2D eigenvalue weighted by Gasteiger charge is -2.32. The number of nitrogens with one attached hydrogen (secondary N) is 1.